The molecular weight excluding hydrogens is 296 g/mol. The Morgan fingerprint density at radius 3 is 2.91 bits per heavy atom. The van der Waals surface area contributed by atoms with Crippen molar-refractivity contribution in [1.82, 2.24) is 4.98 Å². The molecule has 1 aliphatic heterocycles. The number of anilines is 1. The van der Waals surface area contributed by atoms with Gasteiger partial charge >= 0.3 is 0 Å². The van der Waals surface area contributed by atoms with Crippen LogP contribution in [0.3, 0.4) is 0 Å². The van der Waals surface area contributed by atoms with E-state index in [2.05, 4.69) is 23.2 Å². The zero-order chi connectivity index (χ0) is 15.4. The molecule has 1 fully saturated rings. The van der Waals surface area contributed by atoms with E-state index in [0.717, 1.165) is 55.3 Å². The lowest BCUT2D eigenvalue weighted by molar-refractivity contribution is 0.0607. The van der Waals surface area contributed by atoms with Crippen molar-refractivity contribution in [2.75, 3.05) is 18.9 Å². The van der Waals surface area contributed by atoms with Crippen LogP contribution in [-0.4, -0.2) is 18.2 Å². The first-order valence-electron chi connectivity index (χ1n) is 8.05. The zero-order valence-electron chi connectivity index (χ0n) is 12.7. The number of hydrogen-bond acceptors (Lipinski definition) is 3. The van der Waals surface area contributed by atoms with Crippen LogP contribution in [0.1, 0.15) is 37.3 Å². The van der Waals surface area contributed by atoms with Crippen molar-refractivity contribution < 1.29 is 4.74 Å². The molecule has 0 radical (unpaired) electrons. The Balaban J connectivity index is 1.66. The van der Waals surface area contributed by atoms with E-state index in [0.29, 0.717) is 17.8 Å². The molecule has 3 unspecified atom stereocenters. The lowest BCUT2D eigenvalue weighted by Crippen LogP contribution is -2.24. The van der Waals surface area contributed by atoms with Gasteiger partial charge in [0.25, 0.3) is 0 Å². The van der Waals surface area contributed by atoms with Crippen molar-refractivity contribution in [3.63, 3.8) is 0 Å². The highest BCUT2D eigenvalue weighted by Gasteiger charge is 2.25. The summed E-state index contributed by atoms with van der Waals surface area (Å²) in [5, 5.41) is 0.857. The molecule has 2 aliphatic rings. The van der Waals surface area contributed by atoms with Gasteiger partial charge < -0.3 is 10.5 Å². The number of aromatic nitrogens is 1. The maximum absolute atomic E-state index is 6.15. The van der Waals surface area contributed by atoms with Gasteiger partial charge in [-0.05, 0) is 55.7 Å². The number of nitrogen functional groups attached to an aromatic ring is 1. The summed E-state index contributed by atoms with van der Waals surface area (Å²) in [5.41, 5.74) is 7.59. The molecule has 1 saturated heterocycles. The van der Waals surface area contributed by atoms with Crippen LogP contribution in [0.2, 0.25) is 0 Å². The summed E-state index contributed by atoms with van der Waals surface area (Å²) in [6, 6.07) is 3.99. The Morgan fingerprint density at radius 1 is 1.23 bits per heavy atom. The fourth-order valence-corrected chi connectivity index (χ4v) is 3.64. The molecule has 22 heavy (non-hydrogen) atoms. The zero-order valence-corrected chi connectivity index (χ0v) is 13.5. The second-order valence-electron chi connectivity index (χ2n) is 6.27. The van der Waals surface area contributed by atoms with E-state index in [1.165, 1.54) is 0 Å². The lowest BCUT2D eigenvalue weighted by Gasteiger charge is -2.30. The molecule has 0 saturated carbocycles. The number of rotatable bonds is 2. The number of allylic oxidation sites excluding steroid dienone is 4. The molecule has 3 rings (SSSR count). The van der Waals surface area contributed by atoms with Crippen LogP contribution in [0.4, 0.5) is 5.69 Å². The average molecular weight is 319 g/mol. The SMILES string of the molecule is Nc1ccc(C2CCOCC(C3C=C(Cl)C=CC3)CC2)nc1. The first-order chi connectivity index (χ1) is 10.7. The third kappa shape index (κ3) is 3.90. The number of pyridine rings is 1. The summed E-state index contributed by atoms with van der Waals surface area (Å²) in [6.45, 7) is 1.63. The molecule has 1 aromatic heterocycles. The van der Waals surface area contributed by atoms with Crippen LogP contribution in [0.25, 0.3) is 0 Å². The van der Waals surface area contributed by atoms with Crippen molar-refractivity contribution in [2.24, 2.45) is 11.8 Å². The number of nitrogens with two attached hydrogens (primary N) is 1. The van der Waals surface area contributed by atoms with Gasteiger partial charge in [-0.3, -0.25) is 4.98 Å². The molecule has 3 atom stereocenters. The van der Waals surface area contributed by atoms with Gasteiger partial charge in [0, 0.05) is 29.9 Å². The number of halogens is 1. The van der Waals surface area contributed by atoms with E-state index in [4.69, 9.17) is 22.1 Å². The van der Waals surface area contributed by atoms with E-state index < -0.39 is 0 Å². The van der Waals surface area contributed by atoms with E-state index in [1.54, 1.807) is 6.20 Å². The van der Waals surface area contributed by atoms with E-state index in [9.17, 15) is 0 Å². The highest BCUT2D eigenvalue weighted by atomic mass is 35.5. The first-order valence-corrected chi connectivity index (χ1v) is 8.43. The van der Waals surface area contributed by atoms with Crippen molar-refractivity contribution in [3.05, 3.63) is 47.3 Å². The maximum Gasteiger partial charge on any atom is 0.0501 e. The average Bonchev–Trinajstić information content (AvgIpc) is 2.49. The van der Waals surface area contributed by atoms with Gasteiger partial charge in [0.2, 0.25) is 0 Å². The minimum atomic E-state index is 0.460. The van der Waals surface area contributed by atoms with Crippen LogP contribution in [0.5, 0.6) is 0 Å². The Morgan fingerprint density at radius 2 is 2.14 bits per heavy atom. The number of ether oxygens (including phenoxy) is 1. The molecule has 1 aromatic rings. The molecule has 1 aliphatic carbocycles. The first kappa shape index (κ1) is 15.6. The highest BCUT2D eigenvalue weighted by Crippen LogP contribution is 2.34. The fraction of sp³-hybridized carbons (Fsp3) is 0.500. The molecule has 0 bridgehead atoms. The van der Waals surface area contributed by atoms with Gasteiger partial charge in [0.05, 0.1) is 11.9 Å². The van der Waals surface area contributed by atoms with Gasteiger partial charge in [-0.1, -0.05) is 23.8 Å². The van der Waals surface area contributed by atoms with E-state index in [-0.39, 0.29) is 0 Å². The number of nitrogens with zero attached hydrogens (tertiary/aromatic N) is 1. The second kappa shape index (κ2) is 7.30. The van der Waals surface area contributed by atoms with Gasteiger partial charge in [-0.15, -0.1) is 0 Å². The fourth-order valence-electron chi connectivity index (χ4n) is 3.39. The van der Waals surface area contributed by atoms with Crippen LogP contribution in [0.15, 0.2) is 41.6 Å². The van der Waals surface area contributed by atoms with Crippen LogP contribution in [-0.2, 0) is 4.74 Å². The smallest absolute Gasteiger partial charge is 0.0501 e. The summed E-state index contributed by atoms with van der Waals surface area (Å²) in [6.07, 6.45) is 12.5. The highest BCUT2D eigenvalue weighted by molar-refractivity contribution is 6.31. The molecule has 118 valence electrons. The molecule has 0 amide bonds. The third-order valence-corrected chi connectivity index (χ3v) is 4.97. The van der Waals surface area contributed by atoms with Gasteiger partial charge in [0.15, 0.2) is 0 Å². The van der Waals surface area contributed by atoms with Gasteiger partial charge in [-0.2, -0.15) is 0 Å². The molecular formula is C18H23ClN2O. The predicted molar refractivity (Wildman–Crippen MR) is 90.7 cm³/mol. The van der Waals surface area contributed by atoms with Gasteiger partial charge in [-0.25, -0.2) is 0 Å². The second-order valence-corrected chi connectivity index (χ2v) is 6.70. The summed E-state index contributed by atoms with van der Waals surface area (Å²) in [5.74, 6) is 1.49. The third-order valence-electron chi connectivity index (χ3n) is 4.72. The predicted octanol–water partition coefficient (Wildman–Crippen LogP) is 4.26. The maximum atomic E-state index is 6.15. The Kier molecular flexibility index (Phi) is 5.16. The van der Waals surface area contributed by atoms with E-state index in [1.807, 2.05) is 12.1 Å². The quantitative estimate of drug-likeness (QED) is 0.886. The Labute approximate surface area is 137 Å². The van der Waals surface area contributed by atoms with Crippen molar-refractivity contribution in [2.45, 2.75) is 31.6 Å². The molecule has 2 N–H and O–H groups in total. The van der Waals surface area contributed by atoms with Crippen LogP contribution >= 0.6 is 11.6 Å². The van der Waals surface area contributed by atoms with Gasteiger partial charge in [0.1, 0.15) is 0 Å². The lowest BCUT2D eigenvalue weighted by atomic mass is 9.81. The molecule has 0 aromatic carbocycles. The van der Waals surface area contributed by atoms with Crippen molar-refractivity contribution in [3.8, 4) is 0 Å². The van der Waals surface area contributed by atoms with E-state index >= 15 is 0 Å². The van der Waals surface area contributed by atoms with Crippen LogP contribution in [0, 0.1) is 11.8 Å². The topological polar surface area (TPSA) is 48.1 Å². The summed E-state index contributed by atoms with van der Waals surface area (Å²) >= 11 is 6.15. The minimum absolute atomic E-state index is 0.460. The standard InChI is InChI=1S/C18H23ClN2O/c19-16-3-1-2-14(10-16)15-5-4-13(8-9-22-12-15)18-7-6-17(20)11-21-18/h1,3,6-7,10-11,13-15H,2,4-5,8-9,12,20H2. The van der Waals surface area contributed by atoms with Crippen LogP contribution < -0.4 is 5.73 Å². The monoisotopic (exact) mass is 318 g/mol. The summed E-state index contributed by atoms with van der Waals surface area (Å²) < 4.78 is 5.90. The Hall–Kier alpha value is -1.32. The Bertz CT molecular complexity index is 553. The summed E-state index contributed by atoms with van der Waals surface area (Å²) in [7, 11) is 0. The molecule has 3 nitrogen and oxygen atoms in total. The number of hydrogen-bond donors (Lipinski definition) is 1. The molecule has 0 spiro atoms. The summed E-state index contributed by atoms with van der Waals surface area (Å²) in [4.78, 5) is 4.50. The van der Waals surface area contributed by atoms with Crippen molar-refractivity contribution in [1.29, 1.82) is 0 Å². The minimum Gasteiger partial charge on any atom is -0.397 e. The molecule has 4 heteroatoms. The normalized spacial score (nSPS) is 29.5. The molecule has 2 heterocycles. The largest absolute Gasteiger partial charge is 0.397 e. The van der Waals surface area contributed by atoms with Crippen molar-refractivity contribution >= 4 is 17.3 Å².